The number of imide groups is 1. The number of hydrogen-bond acceptors (Lipinski definition) is 4. The predicted octanol–water partition coefficient (Wildman–Crippen LogP) is 2.30. The molecule has 134 valence electrons. The normalized spacial score (nSPS) is 23.8. The molecule has 3 rings (SSSR count). The summed E-state index contributed by atoms with van der Waals surface area (Å²) in [5.74, 6) is -0.0858. The van der Waals surface area contributed by atoms with Gasteiger partial charge in [-0.1, -0.05) is 24.3 Å². The maximum Gasteiger partial charge on any atom is 0.233 e. The molecule has 1 aromatic rings. The predicted molar refractivity (Wildman–Crippen MR) is 94.2 cm³/mol. The molecule has 3 unspecified atom stereocenters. The maximum atomic E-state index is 12.4. The summed E-state index contributed by atoms with van der Waals surface area (Å²) < 4.78 is 5.80. The lowest BCUT2D eigenvalue weighted by Crippen LogP contribution is -2.40. The monoisotopic (exact) mass is 343 g/mol. The quantitative estimate of drug-likeness (QED) is 0.658. The molecule has 25 heavy (non-hydrogen) atoms. The van der Waals surface area contributed by atoms with Crippen molar-refractivity contribution in [3.8, 4) is 5.75 Å². The molecule has 5 nitrogen and oxygen atoms in total. The Morgan fingerprint density at radius 1 is 1.08 bits per heavy atom. The summed E-state index contributed by atoms with van der Waals surface area (Å²) in [4.78, 5) is 26.1. The lowest BCUT2D eigenvalue weighted by atomic mass is 9.85. The lowest BCUT2D eigenvalue weighted by Gasteiger charge is -2.21. The first-order valence-electron chi connectivity index (χ1n) is 8.78. The molecule has 1 aromatic carbocycles. The minimum atomic E-state index is -0.902. The summed E-state index contributed by atoms with van der Waals surface area (Å²) in [5.41, 5.74) is 3.16. The molecule has 0 bridgehead atoms. The summed E-state index contributed by atoms with van der Waals surface area (Å²) in [6.07, 6.45) is 4.23. The van der Waals surface area contributed by atoms with E-state index in [1.165, 1.54) is 4.90 Å². The van der Waals surface area contributed by atoms with Crippen LogP contribution in [0, 0.1) is 32.6 Å². The Balaban J connectivity index is 1.62. The van der Waals surface area contributed by atoms with Gasteiger partial charge in [-0.2, -0.15) is 0 Å². The number of likely N-dealkylation sites (tertiary alicyclic amines) is 1. The molecule has 1 fully saturated rings. The molecule has 0 aromatic heterocycles. The van der Waals surface area contributed by atoms with Crippen LogP contribution in [0.5, 0.6) is 5.75 Å². The number of aryl methyl sites for hydroxylation is 2. The fourth-order valence-electron chi connectivity index (χ4n) is 3.64. The highest BCUT2D eigenvalue weighted by molar-refractivity contribution is 6.05. The molecule has 2 aliphatic rings. The van der Waals surface area contributed by atoms with Gasteiger partial charge in [0.25, 0.3) is 0 Å². The Bertz CT molecular complexity index is 699. The molecule has 0 radical (unpaired) electrons. The van der Waals surface area contributed by atoms with Gasteiger partial charge in [0.2, 0.25) is 11.8 Å². The summed E-state index contributed by atoms with van der Waals surface area (Å²) in [6.45, 7) is 5.99. The number of aliphatic hydroxyl groups excluding tert-OH is 1. The van der Waals surface area contributed by atoms with E-state index >= 15 is 0 Å². The van der Waals surface area contributed by atoms with Crippen LogP contribution in [-0.4, -0.2) is 41.1 Å². The highest BCUT2D eigenvalue weighted by Crippen LogP contribution is 2.35. The fourth-order valence-corrected chi connectivity index (χ4v) is 3.64. The number of aliphatic hydroxyl groups is 1. The zero-order chi connectivity index (χ0) is 18.1. The lowest BCUT2D eigenvalue weighted by molar-refractivity contribution is -0.141. The van der Waals surface area contributed by atoms with Gasteiger partial charge < -0.3 is 9.84 Å². The zero-order valence-electron chi connectivity index (χ0n) is 15.0. The summed E-state index contributed by atoms with van der Waals surface area (Å²) in [5, 5.41) is 10.3. The van der Waals surface area contributed by atoms with E-state index in [1.807, 2.05) is 45.1 Å². The summed E-state index contributed by atoms with van der Waals surface area (Å²) >= 11 is 0. The number of amides is 2. The number of fused-ring (bicyclic) bond motifs is 1. The molecule has 1 heterocycles. The van der Waals surface area contributed by atoms with Crippen molar-refractivity contribution in [3.63, 3.8) is 0 Å². The summed E-state index contributed by atoms with van der Waals surface area (Å²) in [7, 11) is 0. The van der Waals surface area contributed by atoms with Gasteiger partial charge in [-0.3, -0.25) is 14.5 Å². The third-order valence-electron chi connectivity index (χ3n) is 5.29. The van der Waals surface area contributed by atoms with E-state index in [1.54, 1.807) is 0 Å². The first-order chi connectivity index (χ1) is 11.9. The summed E-state index contributed by atoms with van der Waals surface area (Å²) in [6, 6.07) is 4.01. The highest BCUT2D eigenvalue weighted by Gasteiger charge is 2.47. The number of rotatable bonds is 5. The van der Waals surface area contributed by atoms with Crippen molar-refractivity contribution in [1.82, 2.24) is 4.90 Å². The van der Waals surface area contributed by atoms with E-state index in [-0.39, 0.29) is 36.8 Å². The zero-order valence-corrected chi connectivity index (χ0v) is 15.0. The number of allylic oxidation sites excluding steroid dienone is 2. The van der Waals surface area contributed by atoms with Gasteiger partial charge in [0, 0.05) is 0 Å². The van der Waals surface area contributed by atoms with Gasteiger partial charge >= 0.3 is 0 Å². The van der Waals surface area contributed by atoms with Gasteiger partial charge in [-0.25, -0.2) is 0 Å². The first-order valence-corrected chi connectivity index (χ1v) is 8.78. The Morgan fingerprint density at radius 3 is 2.24 bits per heavy atom. The Morgan fingerprint density at radius 2 is 1.64 bits per heavy atom. The molecule has 1 aliphatic carbocycles. The fraction of sp³-hybridized carbons (Fsp3) is 0.500. The van der Waals surface area contributed by atoms with Crippen molar-refractivity contribution in [2.45, 2.75) is 39.7 Å². The van der Waals surface area contributed by atoms with Gasteiger partial charge in [0.15, 0.2) is 0 Å². The van der Waals surface area contributed by atoms with E-state index in [0.717, 1.165) is 22.4 Å². The van der Waals surface area contributed by atoms with Crippen LogP contribution in [0.2, 0.25) is 0 Å². The molecule has 5 heteroatoms. The van der Waals surface area contributed by atoms with Gasteiger partial charge in [0.1, 0.15) is 18.5 Å². The average molecular weight is 343 g/mol. The number of β-amino-alcohol motifs (C(OH)–C–C–N with tert-alkyl or cyclic N) is 1. The van der Waals surface area contributed by atoms with E-state index in [4.69, 9.17) is 4.74 Å². The van der Waals surface area contributed by atoms with Crippen LogP contribution in [-0.2, 0) is 9.59 Å². The number of ether oxygens (including phenoxy) is 1. The Hall–Kier alpha value is -2.14. The van der Waals surface area contributed by atoms with Crippen molar-refractivity contribution >= 4 is 11.8 Å². The van der Waals surface area contributed by atoms with Crippen molar-refractivity contribution in [1.29, 1.82) is 0 Å². The number of carbonyl (C=O) groups excluding carboxylic acids is 2. The van der Waals surface area contributed by atoms with Gasteiger partial charge in [0.05, 0.1) is 18.4 Å². The maximum absolute atomic E-state index is 12.4. The third-order valence-corrected chi connectivity index (χ3v) is 5.29. The van der Waals surface area contributed by atoms with Crippen molar-refractivity contribution < 1.29 is 19.4 Å². The SMILES string of the molecule is Cc1ccc(C)c(OCC(O)CN2C(=O)C3CC=CCC3C2=O)c1C. The first kappa shape index (κ1) is 17.7. The molecule has 1 N–H and O–H groups in total. The van der Waals surface area contributed by atoms with E-state index in [0.29, 0.717) is 12.8 Å². The van der Waals surface area contributed by atoms with E-state index < -0.39 is 6.10 Å². The smallest absolute Gasteiger partial charge is 0.233 e. The van der Waals surface area contributed by atoms with E-state index in [9.17, 15) is 14.7 Å². The average Bonchev–Trinajstić information content (AvgIpc) is 2.84. The molecule has 1 saturated heterocycles. The molecule has 0 spiro atoms. The standard InChI is InChI=1S/C20H25NO4/c1-12-8-9-13(2)18(14(12)3)25-11-15(22)10-21-19(23)16-6-4-5-7-17(16)20(21)24/h4-5,8-9,15-17,22H,6-7,10-11H2,1-3H3. The second-order valence-corrected chi connectivity index (χ2v) is 7.06. The van der Waals surface area contributed by atoms with Crippen LogP contribution >= 0.6 is 0 Å². The van der Waals surface area contributed by atoms with Gasteiger partial charge in [-0.15, -0.1) is 0 Å². The second kappa shape index (κ2) is 7.00. The number of hydrogen-bond donors (Lipinski definition) is 1. The second-order valence-electron chi connectivity index (χ2n) is 7.06. The van der Waals surface area contributed by atoms with Crippen molar-refractivity contribution in [3.05, 3.63) is 41.0 Å². The van der Waals surface area contributed by atoms with E-state index in [2.05, 4.69) is 0 Å². The largest absolute Gasteiger partial charge is 0.490 e. The Kier molecular flexibility index (Phi) is 4.95. The van der Waals surface area contributed by atoms with Crippen LogP contribution in [0.15, 0.2) is 24.3 Å². The molecular formula is C20H25NO4. The van der Waals surface area contributed by atoms with Crippen LogP contribution in [0.3, 0.4) is 0 Å². The minimum absolute atomic E-state index is 0.00538. The van der Waals surface area contributed by atoms with Crippen LogP contribution < -0.4 is 4.74 Å². The number of benzene rings is 1. The molecule has 2 amide bonds. The molecular weight excluding hydrogens is 318 g/mol. The third kappa shape index (κ3) is 3.33. The van der Waals surface area contributed by atoms with Crippen LogP contribution in [0.4, 0.5) is 0 Å². The Labute approximate surface area is 148 Å². The van der Waals surface area contributed by atoms with Crippen molar-refractivity contribution in [2.75, 3.05) is 13.2 Å². The highest BCUT2D eigenvalue weighted by atomic mass is 16.5. The number of carbonyl (C=O) groups is 2. The molecule has 1 aliphatic heterocycles. The van der Waals surface area contributed by atoms with Gasteiger partial charge in [-0.05, 0) is 50.3 Å². The van der Waals surface area contributed by atoms with Crippen molar-refractivity contribution in [2.24, 2.45) is 11.8 Å². The minimum Gasteiger partial charge on any atom is -0.490 e. The number of nitrogens with zero attached hydrogens (tertiary/aromatic N) is 1. The molecule has 3 atom stereocenters. The van der Waals surface area contributed by atoms with Crippen LogP contribution in [0.25, 0.3) is 0 Å². The molecule has 0 saturated carbocycles. The topological polar surface area (TPSA) is 66.8 Å². The van der Waals surface area contributed by atoms with Crippen LogP contribution in [0.1, 0.15) is 29.5 Å².